The molecule has 1 N–H and O–H groups in total. The highest BCUT2D eigenvalue weighted by Gasteiger charge is 2.41. The molecule has 0 atom stereocenters. The molecule has 2 aromatic rings. The molecule has 5 nitrogen and oxygen atoms in total. The molecule has 0 aliphatic heterocycles. The lowest BCUT2D eigenvalue weighted by atomic mass is 9.68. The average molecular weight is 383 g/mol. The summed E-state index contributed by atoms with van der Waals surface area (Å²) in [6, 6.07) is 12.0. The minimum atomic E-state index is -0.468. The van der Waals surface area contributed by atoms with E-state index in [-0.39, 0.29) is 5.91 Å². The van der Waals surface area contributed by atoms with Gasteiger partial charge in [-0.05, 0) is 38.3 Å². The maximum absolute atomic E-state index is 13.5. The summed E-state index contributed by atoms with van der Waals surface area (Å²) in [5.41, 5.74) is 3.32. The number of hydrogen-bond donors (Lipinski definition) is 1. The van der Waals surface area contributed by atoms with Gasteiger partial charge >= 0.3 is 0 Å². The van der Waals surface area contributed by atoms with Crippen LogP contribution in [0.5, 0.6) is 5.88 Å². The van der Waals surface area contributed by atoms with Gasteiger partial charge in [0.1, 0.15) is 6.61 Å². The van der Waals surface area contributed by atoms with E-state index in [1.807, 2.05) is 19.1 Å². The highest BCUT2D eigenvalue weighted by atomic mass is 16.5. The van der Waals surface area contributed by atoms with Crippen molar-refractivity contribution in [2.75, 3.05) is 25.6 Å². The third-order valence-corrected chi connectivity index (χ3v) is 5.56. The number of hydrogen-bond acceptors (Lipinski definition) is 4. The largest absolute Gasteiger partial charge is 0.475 e. The quantitative estimate of drug-likeness (QED) is 0.713. The second-order valence-corrected chi connectivity index (χ2v) is 7.59. The lowest BCUT2D eigenvalue weighted by molar-refractivity contribution is -0.122. The third kappa shape index (κ3) is 4.53. The van der Waals surface area contributed by atoms with E-state index in [9.17, 15) is 4.79 Å². The zero-order chi connectivity index (χ0) is 20.0. The number of amides is 1. The van der Waals surface area contributed by atoms with Crippen molar-refractivity contribution in [2.24, 2.45) is 0 Å². The topological polar surface area (TPSA) is 60.5 Å². The van der Waals surface area contributed by atoms with Crippen molar-refractivity contribution >= 4 is 11.6 Å². The monoisotopic (exact) mass is 382 g/mol. The fourth-order valence-electron chi connectivity index (χ4n) is 3.97. The van der Waals surface area contributed by atoms with Crippen LogP contribution in [-0.2, 0) is 14.9 Å². The maximum Gasteiger partial charge on any atom is 0.235 e. The van der Waals surface area contributed by atoms with E-state index in [4.69, 9.17) is 9.47 Å². The SMILES string of the molecule is COCCOc1ccc(NC(=O)C2(c3cccc(C)c3)CCCCC2)c(C)n1. The Labute approximate surface area is 167 Å². The predicted molar refractivity (Wildman–Crippen MR) is 111 cm³/mol. The summed E-state index contributed by atoms with van der Waals surface area (Å²) in [4.78, 5) is 17.9. The van der Waals surface area contributed by atoms with E-state index >= 15 is 0 Å². The molecule has 3 rings (SSSR count). The van der Waals surface area contributed by atoms with Gasteiger partial charge in [0.15, 0.2) is 0 Å². The van der Waals surface area contributed by atoms with Crippen molar-refractivity contribution in [3.8, 4) is 5.88 Å². The number of rotatable bonds is 7. The number of nitrogens with one attached hydrogen (secondary N) is 1. The fourth-order valence-corrected chi connectivity index (χ4v) is 3.97. The first kappa shape index (κ1) is 20.3. The van der Waals surface area contributed by atoms with E-state index in [0.717, 1.165) is 42.6 Å². The Hall–Kier alpha value is -2.40. The van der Waals surface area contributed by atoms with Gasteiger partial charge in [-0.15, -0.1) is 0 Å². The Morgan fingerprint density at radius 2 is 1.89 bits per heavy atom. The number of nitrogens with zero attached hydrogens (tertiary/aromatic N) is 1. The molecule has 0 unspecified atom stereocenters. The molecule has 1 aliphatic rings. The summed E-state index contributed by atoms with van der Waals surface area (Å²) in [5, 5.41) is 3.15. The molecule has 1 aliphatic carbocycles. The number of pyridine rings is 1. The zero-order valence-corrected chi connectivity index (χ0v) is 17.1. The number of carbonyl (C=O) groups is 1. The van der Waals surface area contributed by atoms with Gasteiger partial charge in [0, 0.05) is 13.2 Å². The van der Waals surface area contributed by atoms with Crippen molar-refractivity contribution in [1.29, 1.82) is 0 Å². The van der Waals surface area contributed by atoms with Crippen molar-refractivity contribution in [3.05, 3.63) is 53.2 Å². The first-order valence-electron chi connectivity index (χ1n) is 10.0. The normalized spacial score (nSPS) is 15.8. The summed E-state index contributed by atoms with van der Waals surface area (Å²) in [5.74, 6) is 0.606. The number of methoxy groups -OCH3 is 1. The molecule has 0 bridgehead atoms. The fraction of sp³-hybridized carbons (Fsp3) is 0.478. The van der Waals surface area contributed by atoms with Gasteiger partial charge in [-0.1, -0.05) is 49.1 Å². The van der Waals surface area contributed by atoms with E-state index in [1.54, 1.807) is 13.2 Å². The number of aromatic nitrogens is 1. The molecule has 1 aromatic heterocycles. The third-order valence-electron chi connectivity index (χ3n) is 5.56. The molecule has 0 saturated heterocycles. The van der Waals surface area contributed by atoms with Crippen LogP contribution >= 0.6 is 0 Å². The predicted octanol–water partition coefficient (Wildman–Crippen LogP) is 4.56. The molecule has 1 heterocycles. The van der Waals surface area contributed by atoms with Crippen molar-refractivity contribution in [3.63, 3.8) is 0 Å². The molecule has 150 valence electrons. The van der Waals surface area contributed by atoms with E-state index in [1.165, 1.54) is 12.0 Å². The molecular weight excluding hydrogens is 352 g/mol. The van der Waals surface area contributed by atoms with Gasteiger partial charge in [0.2, 0.25) is 11.8 Å². The highest BCUT2D eigenvalue weighted by molar-refractivity contribution is 5.99. The molecule has 28 heavy (non-hydrogen) atoms. The Morgan fingerprint density at radius 1 is 1.11 bits per heavy atom. The number of anilines is 1. The van der Waals surface area contributed by atoms with Crippen molar-refractivity contribution in [1.82, 2.24) is 4.98 Å². The lowest BCUT2D eigenvalue weighted by Crippen LogP contribution is -2.42. The first-order chi connectivity index (χ1) is 13.5. The van der Waals surface area contributed by atoms with Crippen LogP contribution < -0.4 is 10.1 Å². The Kier molecular flexibility index (Phi) is 6.68. The minimum Gasteiger partial charge on any atom is -0.475 e. The standard InChI is InChI=1S/C23H30N2O3/c1-17-8-7-9-19(16-17)23(12-5-4-6-13-23)22(26)25-20-10-11-21(24-18(20)2)28-15-14-27-3/h7-11,16H,4-6,12-15H2,1-3H3,(H,25,26). The Morgan fingerprint density at radius 3 is 2.57 bits per heavy atom. The van der Waals surface area contributed by atoms with Crippen molar-refractivity contribution < 1.29 is 14.3 Å². The van der Waals surface area contributed by atoms with Crippen LogP contribution in [0.2, 0.25) is 0 Å². The zero-order valence-electron chi connectivity index (χ0n) is 17.1. The molecule has 0 spiro atoms. The van der Waals surface area contributed by atoms with Gasteiger partial charge in [-0.2, -0.15) is 0 Å². The van der Waals surface area contributed by atoms with E-state index in [0.29, 0.717) is 19.1 Å². The Bertz CT molecular complexity index is 813. The van der Waals surface area contributed by atoms with Crippen LogP contribution in [0.1, 0.15) is 48.9 Å². The smallest absolute Gasteiger partial charge is 0.235 e. The summed E-state index contributed by atoms with van der Waals surface area (Å²) in [6.45, 7) is 4.93. The number of carbonyl (C=O) groups excluding carboxylic acids is 1. The second kappa shape index (κ2) is 9.20. The van der Waals surface area contributed by atoms with Crippen LogP contribution in [0.3, 0.4) is 0 Å². The van der Waals surface area contributed by atoms with Gasteiger partial charge in [-0.3, -0.25) is 4.79 Å². The van der Waals surface area contributed by atoms with Crippen LogP contribution in [-0.4, -0.2) is 31.2 Å². The van der Waals surface area contributed by atoms with Gasteiger partial charge in [0.25, 0.3) is 0 Å². The van der Waals surface area contributed by atoms with Gasteiger partial charge < -0.3 is 14.8 Å². The molecule has 1 saturated carbocycles. The first-order valence-corrected chi connectivity index (χ1v) is 10.0. The lowest BCUT2D eigenvalue weighted by Gasteiger charge is -2.36. The van der Waals surface area contributed by atoms with Gasteiger partial charge in [-0.25, -0.2) is 4.98 Å². The van der Waals surface area contributed by atoms with Crippen LogP contribution in [0.15, 0.2) is 36.4 Å². The minimum absolute atomic E-state index is 0.0655. The number of aryl methyl sites for hydroxylation is 2. The molecule has 1 amide bonds. The molecule has 1 aromatic carbocycles. The highest BCUT2D eigenvalue weighted by Crippen LogP contribution is 2.41. The van der Waals surface area contributed by atoms with Crippen LogP contribution in [0.4, 0.5) is 5.69 Å². The van der Waals surface area contributed by atoms with Crippen LogP contribution in [0, 0.1) is 13.8 Å². The van der Waals surface area contributed by atoms with Crippen LogP contribution in [0.25, 0.3) is 0 Å². The summed E-state index contributed by atoms with van der Waals surface area (Å²) < 4.78 is 10.5. The average Bonchev–Trinajstić information content (AvgIpc) is 2.70. The molecular formula is C23H30N2O3. The Balaban J connectivity index is 1.81. The number of benzene rings is 1. The van der Waals surface area contributed by atoms with Gasteiger partial charge in [0.05, 0.1) is 23.4 Å². The second-order valence-electron chi connectivity index (χ2n) is 7.59. The van der Waals surface area contributed by atoms with Crippen molar-refractivity contribution in [2.45, 2.75) is 51.4 Å². The summed E-state index contributed by atoms with van der Waals surface area (Å²) in [7, 11) is 1.63. The summed E-state index contributed by atoms with van der Waals surface area (Å²) in [6.07, 6.45) is 5.10. The number of ether oxygens (including phenoxy) is 2. The van der Waals surface area contributed by atoms with E-state index in [2.05, 4.69) is 35.4 Å². The maximum atomic E-state index is 13.5. The molecule has 1 fully saturated rings. The summed E-state index contributed by atoms with van der Waals surface area (Å²) >= 11 is 0. The molecule has 5 heteroatoms. The molecule has 0 radical (unpaired) electrons. The van der Waals surface area contributed by atoms with E-state index < -0.39 is 5.41 Å².